The van der Waals surface area contributed by atoms with E-state index >= 15 is 0 Å². The van der Waals surface area contributed by atoms with Crippen molar-refractivity contribution in [3.8, 4) is 0 Å². The van der Waals surface area contributed by atoms with E-state index in [2.05, 4.69) is 27.9 Å². The molecule has 3 nitrogen and oxygen atoms in total. The number of rotatable bonds is 3. The quantitative estimate of drug-likeness (QED) is 0.830. The third-order valence-corrected chi connectivity index (χ3v) is 3.20. The van der Waals surface area contributed by atoms with Crippen molar-refractivity contribution in [2.24, 2.45) is 5.73 Å². The second-order valence-electron chi connectivity index (χ2n) is 2.83. The zero-order valence-corrected chi connectivity index (χ0v) is 10.2. The van der Waals surface area contributed by atoms with Gasteiger partial charge in [-0.25, -0.2) is 0 Å². The molecule has 0 bridgehead atoms. The topological polar surface area (TPSA) is 55.1 Å². The highest BCUT2D eigenvalue weighted by Crippen LogP contribution is 2.16. The second-order valence-corrected chi connectivity index (χ2v) is 5.63. The molecule has 1 rings (SSSR count). The van der Waals surface area contributed by atoms with Crippen LogP contribution in [-0.4, -0.2) is 18.5 Å². The molecule has 72 valence electrons. The molecule has 0 aromatic carbocycles. The summed E-state index contributed by atoms with van der Waals surface area (Å²) in [5, 5.41) is 4.60. The summed E-state index contributed by atoms with van der Waals surface area (Å²) in [5.41, 5.74) is 6.23. The molecule has 1 atom stereocenters. The van der Waals surface area contributed by atoms with Crippen molar-refractivity contribution in [2.75, 3.05) is 6.54 Å². The first kappa shape index (κ1) is 10.9. The van der Waals surface area contributed by atoms with Crippen molar-refractivity contribution in [1.82, 2.24) is 5.32 Å². The highest BCUT2D eigenvalue weighted by Gasteiger charge is 2.07. The molecule has 13 heavy (non-hydrogen) atoms. The van der Waals surface area contributed by atoms with E-state index in [-0.39, 0.29) is 11.9 Å². The van der Waals surface area contributed by atoms with E-state index in [0.717, 1.165) is 8.45 Å². The number of hydrogen-bond donors (Lipinski definition) is 2. The van der Waals surface area contributed by atoms with Crippen LogP contribution >= 0.6 is 33.9 Å². The molecule has 3 N–H and O–H groups in total. The maximum atomic E-state index is 11.4. The molecule has 0 saturated heterocycles. The fourth-order valence-corrected chi connectivity index (χ4v) is 2.11. The van der Waals surface area contributed by atoms with Crippen molar-refractivity contribution in [3.05, 3.63) is 19.9 Å². The van der Waals surface area contributed by atoms with Crippen LogP contribution in [0, 0.1) is 2.88 Å². The van der Waals surface area contributed by atoms with Crippen molar-refractivity contribution in [3.63, 3.8) is 0 Å². The second kappa shape index (κ2) is 4.92. The van der Waals surface area contributed by atoms with Crippen LogP contribution in [0.4, 0.5) is 0 Å². The molecule has 0 spiro atoms. The van der Waals surface area contributed by atoms with Gasteiger partial charge in [-0.15, -0.1) is 11.3 Å². The Morgan fingerprint density at radius 3 is 3.00 bits per heavy atom. The first-order valence-corrected chi connectivity index (χ1v) is 5.83. The summed E-state index contributed by atoms with van der Waals surface area (Å²) >= 11 is 3.75. The molecule has 0 aliphatic carbocycles. The van der Waals surface area contributed by atoms with Gasteiger partial charge >= 0.3 is 0 Å². The van der Waals surface area contributed by atoms with Crippen LogP contribution in [-0.2, 0) is 0 Å². The van der Waals surface area contributed by atoms with Gasteiger partial charge in [-0.1, -0.05) is 0 Å². The lowest BCUT2D eigenvalue weighted by Crippen LogP contribution is -2.34. The Hall–Kier alpha value is -0.140. The van der Waals surface area contributed by atoms with Crippen LogP contribution in [0.1, 0.15) is 17.3 Å². The van der Waals surface area contributed by atoms with E-state index < -0.39 is 0 Å². The van der Waals surface area contributed by atoms with Gasteiger partial charge in [0.1, 0.15) is 0 Å². The molecule has 1 heterocycles. The lowest BCUT2D eigenvalue weighted by atomic mass is 10.3. The van der Waals surface area contributed by atoms with Crippen LogP contribution in [0.5, 0.6) is 0 Å². The summed E-state index contributed by atoms with van der Waals surface area (Å²) in [6, 6.07) is 1.86. The summed E-state index contributed by atoms with van der Waals surface area (Å²) in [6.07, 6.45) is 0. The van der Waals surface area contributed by atoms with Crippen molar-refractivity contribution in [2.45, 2.75) is 13.0 Å². The number of halogens is 1. The van der Waals surface area contributed by atoms with Gasteiger partial charge in [0.05, 0.1) is 8.45 Å². The van der Waals surface area contributed by atoms with E-state index in [0.29, 0.717) is 6.54 Å². The number of amides is 1. The summed E-state index contributed by atoms with van der Waals surface area (Å²) < 4.78 is 1.11. The monoisotopic (exact) mass is 310 g/mol. The molecule has 0 saturated carbocycles. The number of hydrogen-bond acceptors (Lipinski definition) is 3. The minimum Gasteiger partial charge on any atom is -0.350 e. The van der Waals surface area contributed by atoms with E-state index in [9.17, 15) is 4.79 Å². The zero-order valence-electron chi connectivity index (χ0n) is 7.21. The number of carbonyl (C=O) groups is 1. The lowest BCUT2D eigenvalue weighted by Gasteiger charge is -2.05. The average Bonchev–Trinajstić information content (AvgIpc) is 2.47. The predicted octanol–water partition coefficient (Wildman–Crippen LogP) is 1.43. The van der Waals surface area contributed by atoms with Crippen LogP contribution in [0.25, 0.3) is 0 Å². The molecule has 1 aromatic rings. The molecule has 0 aliphatic rings. The molecule has 5 heteroatoms. The Bertz CT molecular complexity index is 298. The van der Waals surface area contributed by atoms with Gasteiger partial charge in [-0.2, -0.15) is 0 Å². The molecular formula is C8H11IN2OS. The fraction of sp³-hybridized carbons (Fsp3) is 0.375. The van der Waals surface area contributed by atoms with Crippen LogP contribution in [0.15, 0.2) is 11.4 Å². The Labute approximate surface area is 94.8 Å². The lowest BCUT2D eigenvalue weighted by molar-refractivity contribution is 0.0952. The van der Waals surface area contributed by atoms with Crippen LogP contribution < -0.4 is 11.1 Å². The van der Waals surface area contributed by atoms with Gasteiger partial charge in [0.15, 0.2) is 0 Å². The Morgan fingerprint density at radius 2 is 2.54 bits per heavy atom. The van der Waals surface area contributed by atoms with Gasteiger partial charge in [0.2, 0.25) is 0 Å². The third kappa shape index (κ3) is 3.61. The minimum atomic E-state index is -0.0449. The van der Waals surface area contributed by atoms with Crippen molar-refractivity contribution < 1.29 is 4.79 Å². The Balaban J connectivity index is 2.49. The number of carbonyl (C=O) groups excluding carboxylic acids is 1. The van der Waals surface area contributed by atoms with Gasteiger partial charge in [-0.05, 0) is 35.6 Å². The molecule has 0 aliphatic heterocycles. The summed E-state index contributed by atoms with van der Waals surface area (Å²) in [7, 11) is 0. The molecule has 0 fully saturated rings. The fourth-order valence-electron chi connectivity index (χ4n) is 0.785. The zero-order chi connectivity index (χ0) is 9.84. The van der Waals surface area contributed by atoms with Crippen LogP contribution in [0.2, 0.25) is 0 Å². The van der Waals surface area contributed by atoms with E-state index in [4.69, 9.17) is 5.73 Å². The molecular weight excluding hydrogens is 299 g/mol. The van der Waals surface area contributed by atoms with E-state index in [1.54, 1.807) is 11.3 Å². The predicted molar refractivity (Wildman–Crippen MR) is 63.0 cm³/mol. The molecule has 1 amide bonds. The first-order valence-electron chi connectivity index (χ1n) is 3.87. The maximum Gasteiger partial charge on any atom is 0.252 e. The van der Waals surface area contributed by atoms with Gasteiger partial charge in [0.25, 0.3) is 5.91 Å². The smallest absolute Gasteiger partial charge is 0.252 e. The Morgan fingerprint density at radius 1 is 1.85 bits per heavy atom. The molecule has 0 radical (unpaired) electrons. The normalized spacial score (nSPS) is 12.5. The highest BCUT2D eigenvalue weighted by molar-refractivity contribution is 14.1. The summed E-state index contributed by atoms with van der Waals surface area (Å²) in [4.78, 5) is 11.4. The standard InChI is InChI=1S/C8H11IN2OS/c1-5(10)3-11-8(12)6-2-7(9)13-4-6/h2,4-5H,3,10H2,1H3,(H,11,12). The SMILES string of the molecule is CC(N)CNC(=O)c1csc(I)c1. The number of nitrogens with two attached hydrogens (primary N) is 1. The van der Waals surface area contributed by atoms with Gasteiger partial charge in [-0.3, -0.25) is 4.79 Å². The largest absolute Gasteiger partial charge is 0.350 e. The molecule has 1 aromatic heterocycles. The summed E-state index contributed by atoms with van der Waals surface area (Å²) in [6.45, 7) is 2.38. The number of nitrogens with one attached hydrogen (secondary N) is 1. The van der Waals surface area contributed by atoms with Crippen LogP contribution in [0.3, 0.4) is 0 Å². The number of thiophene rings is 1. The Kier molecular flexibility index (Phi) is 4.14. The third-order valence-electron chi connectivity index (χ3n) is 1.41. The molecule has 1 unspecified atom stereocenters. The average molecular weight is 310 g/mol. The maximum absolute atomic E-state index is 11.4. The van der Waals surface area contributed by atoms with Gasteiger partial charge in [0, 0.05) is 18.0 Å². The van der Waals surface area contributed by atoms with Gasteiger partial charge < -0.3 is 11.1 Å². The van der Waals surface area contributed by atoms with Crippen molar-refractivity contribution in [1.29, 1.82) is 0 Å². The first-order chi connectivity index (χ1) is 6.09. The summed E-state index contributed by atoms with van der Waals surface area (Å²) in [5.74, 6) is -0.0449. The van der Waals surface area contributed by atoms with E-state index in [1.165, 1.54) is 0 Å². The highest BCUT2D eigenvalue weighted by atomic mass is 127. The minimum absolute atomic E-state index is 0.00153. The van der Waals surface area contributed by atoms with Crippen molar-refractivity contribution >= 4 is 39.8 Å². The van der Waals surface area contributed by atoms with E-state index in [1.807, 2.05) is 18.4 Å².